The zero-order valence-electron chi connectivity index (χ0n) is 24.3. The third-order valence-corrected chi connectivity index (χ3v) is 7.53. The van der Waals surface area contributed by atoms with Gasteiger partial charge in [-0.15, -0.1) is 0 Å². The summed E-state index contributed by atoms with van der Waals surface area (Å²) in [6, 6.07) is 11.3. The lowest BCUT2D eigenvalue weighted by Crippen LogP contribution is -2.38. The van der Waals surface area contributed by atoms with Crippen LogP contribution in [0.5, 0.6) is 29.1 Å². The summed E-state index contributed by atoms with van der Waals surface area (Å²) in [6.07, 6.45) is 3.53. The summed E-state index contributed by atoms with van der Waals surface area (Å²) in [4.78, 5) is 15.7. The molecule has 0 saturated carbocycles. The molecule has 41 heavy (non-hydrogen) atoms. The van der Waals surface area contributed by atoms with Crippen LogP contribution in [0.25, 0.3) is 10.9 Å². The van der Waals surface area contributed by atoms with Crippen molar-refractivity contribution in [1.82, 2.24) is 19.9 Å². The first-order valence-corrected chi connectivity index (χ1v) is 13.7. The monoisotopic (exact) mass is 626 g/mol. The molecule has 10 nitrogen and oxygen atoms in total. The van der Waals surface area contributed by atoms with Gasteiger partial charge in [-0.3, -0.25) is 0 Å². The van der Waals surface area contributed by atoms with E-state index in [0.717, 1.165) is 15.4 Å². The van der Waals surface area contributed by atoms with Crippen molar-refractivity contribution in [3.05, 3.63) is 70.0 Å². The molecule has 3 heterocycles. The van der Waals surface area contributed by atoms with E-state index in [1.165, 1.54) is 21.3 Å². The van der Waals surface area contributed by atoms with Crippen LogP contribution < -0.4 is 23.7 Å². The van der Waals surface area contributed by atoms with Crippen molar-refractivity contribution in [1.29, 1.82) is 0 Å². The minimum absolute atomic E-state index is 0.283. The van der Waals surface area contributed by atoms with Gasteiger partial charge in [0.25, 0.3) is 11.8 Å². The van der Waals surface area contributed by atoms with Gasteiger partial charge in [0, 0.05) is 45.5 Å². The molecular weight excluding hydrogens is 592 g/mol. The lowest BCUT2D eigenvalue weighted by molar-refractivity contribution is 0.00255. The number of pyridine rings is 3. The van der Waals surface area contributed by atoms with Gasteiger partial charge in [0.2, 0.25) is 5.88 Å². The molecule has 218 valence electrons. The van der Waals surface area contributed by atoms with Crippen LogP contribution in [-0.4, -0.2) is 81.1 Å². The van der Waals surface area contributed by atoms with Crippen molar-refractivity contribution in [2.45, 2.75) is 17.9 Å². The number of nitrogens with zero attached hydrogens (tertiary/aromatic N) is 4. The van der Waals surface area contributed by atoms with E-state index in [1.807, 2.05) is 49.3 Å². The molecule has 4 rings (SSSR count). The van der Waals surface area contributed by atoms with E-state index in [-0.39, 0.29) is 5.88 Å². The summed E-state index contributed by atoms with van der Waals surface area (Å²) in [5.74, 6) is 0.943. The molecule has 1 aromatic carbocycles. The third-order valence-electron chi connectivity index (χ3n) is 7.03. The average Bonchev–Trinajstić information content (AvgIpc) is 2.99. The van der Waals surface area contributed by atoms with Crippen molar-refractivity contribution in [3.63, 3.8) is 0 Å². The lowest BCUT2D eigenvalue weighted by atomic mass is 9.72. The lowest BCUT2D eigenvalue weighted by Gasteiger charge is -2.39. The second-order valence-corrected chi connectivity index (χ2v) is 10.6. The maximum atomic E-state index is 13.0. The predicted molar refractivity (Wildman–Crippen MR) is 160 cm³/mol. The van der Waals surface area contributed by atoms with Crippen LogP contribution in [0, 0.1) is 0 Å². The summed E-state index contributed by atoms with van der Waals surface area (Å²) in [6.45, 7) is 0.542. The highest BCUT2D eigenvalue weighted by Gasteiger charge is 2.45. The molecule has 3 aromatic heterocycles. The molecule has 1 N–H and O–H groups in total. The van der Waals surface area contributed by atoms with E-state index in [0.29, 0.717) is 52.9 Å². The van der Waals surface area contributed by atoms with Crippen LogP contribution in [0.4, 0.5) is 0 Å². The molecule has 0 fully saturated rings. The number of fused-ring (bicyclic) bond motifs is 1. The van der Waals surface area contributed by atoms with Gasteiger partial charge in [-0.05, 0) is 56.9 Å². The number of ether oxygens (including phenoxy) is 5. The molecule has 0 amide bonds. The highest BCUT2D eigenvalue weighted by molar-refractivity contribution is 9.10. The third kappa shape index (κ3) is 6.02. The first-order chi connectivity index (χ1) is 19.7. The van der Waals surface area contributed by atoms with Crippen LogP contribution in [-0.2, 0) is 5.60 Å². The van der Waals surface area contributed by atoms with Crippen molar-refractivity contribution in [3.8, 4) is 29.1 Å². The van der Waals surface area contributed by atoms with E-state index >= 15 is 0 Å². The Morgan fingerprint density at radius 2 is 1.59 bits per heavy atom. The smallest absolute Gasteiger partial charge is 0.257 e. The Bertz CT molecular complexity index is 1520. The zero-order valence-corrected chi connectivity index (χ0v) is 25.9. The van der Waals surface area contributed by atoms with E-state index < -0.39 is 11.5 Å². The Kier molecular flexibility index (Phi) is 9.52. The number of benzene rings is 1. The van der Waals surface area contributed by atoms with Gasteiger partial charge in [-0.2, -0.15) is 0 Å². The second kappa shape index (κ2) is 12.9. The summed E-state index contributed by atoms with van der Waals surface area (Å²) < 4.78 is 29.1. The molecule has 0 aliphatic heterocycles. The minimum Gasteiger partial charge on any atom is -0.491 e. The van der Waals surface area contributed by atoms with E-state index in [4.69, 9.17) is 28.7 Å². The number of aromatic nitrogens is 3. The van der Waals surface area contributed by atoms with Gasteiger partial charge in [-0.1, -0.05) is 15.9 Å². The van der Waals surface area contributed by atoms with Crippen LogP contribution in [0.3, 0.4) is 0 Å². The molecule has 0 saturated heterocycles. The molecule has 2 unspecified atom stereocenters. The SMILES string of the molecule is COc1cc(C(O)(CCN(C)C)C(c2cc3cc(Br)ccc3nc2OC)c2ccnc(OC)c2OC)cnc1OC. The van der Waals surface area contributed by atoms with Crippen LogP contribution >= 0.6 is 15.9 Å². The fraction of sp³-hybridized carbons (Fsp3) is 0.367. The predicted octanol–water partition coefficient (Wildman–Crippen LogP) is 4.80. The van der Waals surface area contributed by atoms with Gasteiger partial charge in [0.15, 0.2) is 11.5 Å². The number of halogens is 1. The van der Waals surface area contributed by atoms with E-state index in [9.17, 15) is 5.11 Å². The van der Waals surface area contributed by atoms with Crippen molar-refractivity contribution < 1.29 is 28.8 Å². The van der Waals surface area contributed by atoms with Gasteiger partial charge >= 0.3 is 0 Å². The summed E-state index contributed by atoms with van der Waals surface area (Å²) in [7, 11) is 11.6. The second-order valence-electron chi connectivity index (χ2n) is 9.71. The molecule has 11 heteroatoms. The highest BCUT2D eigenvalue weighted by atomic mass is 79.9. The van der Waals surface area contributed by atoms with Crippen LogP contribution in [0.1, 0.15) is 29.0 Å². The quantitative estimate of drug-likeness (QED) is 0.235. The maximum Gasteiger partial charge on any atom is 0.257 e. The number of rotatable bonds is 12. The zero-order chi connectivity index (χ0) is 29.7. The molecule has 0 bridgehead atoms. The topological polar surface area (TPSA) is 108 Å². The summed E-state index contributed by atoms with van der Waals surface area (Å²) in [5.41, 5.74) is 0.948. The van der Waals surface area contributed by atoms with Crippen LogP contribution in [0.2, 0.25) is 0 Å². The molecule has 0 radical (unpaired) electrons. The minimum atomic E-state index is -1.58. The molecule has 0 aliphatic carbocycles. The number of methoxy groups -OCH3 is 5. The standard InChI is InChI=1S/C30H35BrN4O6/c1-35(2)13-11-30(36,19-16-24(37-3)28(40-6)33-17-19)25(21-10-12-32-29(41-7)26(21)38-4)22-15-18-14-20(31)8-9-23(18)34-27(22)39-5/h8-10,12,14-17,25,36H,11,13H2,1-7H3. The first-order valence-electron chi connectivity index (χ1n) is 12.9. The highest BCUT2D eigenvalue weighted by Crippen LogP contribution is 2.51. The van der Waals surface area contributed by atoms with Gasteiger partial charge in [0.05, 0.1) is 47.0 Å². The molecule has 4 aromatic rings. The summed E-state index contributed by atoms with van der Waals surface area (Å²) >= 11 is 3.57. The van der Waals surface area contributed by atoms with Gasteiger partial charge < -0.3 is 33.7 Å². The van der Waals surface area contributed by atoms with E-state index in [2.05, 4.69) is 25.9 Å². The number of hydrogen-bond donors (Lipinski definition) is 1. The molecule has 2 atom stereocenters. The normalized spacial score (nSPS) is 13.5. The van der Waals surface area contributed by atoms with Crippen molar-refractivity contribution in [2.75, 3.05) is 56.2 Å². The largest absolute Gasteiger partial charge is 0.491 e. The van der Waals surface area contributed by atoms with Gasteiger partial charge in [-0.25, -0.2) is 15.0 Å². The average molecular weight is 628 g/mol. The Morgan fingerprint density at radius 1 is 0.854 bits per heavy atom. The first kappa shape index (κ1) is 30.3. The number of aliphatic hydroxyl groups is 1. The Morgan fingerprint density at radius 3 is 2.22 bits per heavy atom. The van der Waals surface area contributed by atoms with Crippen molar-refractivity contribution >= 4 is 26.8 Å². The fourth-order valence-electron chi connectivity index (χ4n) is 5.04. The summed E-state index contributed by atoms with van der Waals surface area (Å²) in [5, 5.41) is 13.9. The molecule has 0 spiro atoms. The fourth-order valence-corrected chi connectivity index (χ4v) is 5.42. The van der Waals surface area contributed by atoms with Gasteiger partial charge in [0.1, 0.15) is 5.60 Å². The maximum absolute atomic E-state index is 13.0. The Labute approximate surface area is 248 Å². The van der Waals surface area contributed by atoms with E-state index in [1.54, 1.807) is 32.7 Å². The van der Waals surface area contributed by atoms with Crippen LogP contribution in [0.15, 0.2) is 53.3 Å². The Hall–Kier alpha value is -3.67. The number of hydrogen-bond acceptors (Lipinski definition) is 10. The molecule has 0 aliphatic rings. The van der Waals surface area contributed by atoms with Crippen molar-refractivity contribution in [2.24, 2.45) is 0 Å². The molecular formula is C30H35BrN4O6. The Balaban J connectivity index is 2.13.